The lowest BCUT2D eigenvalue weighted by atomic mass is 9.86. The highest BCUT2D eigenvalue weighted by molar-refractivity contribution is 5.40. The average Bonchev–Trinajstić information content (AvgIpc) is 2.32. The topological polar surface area (TPSA) is 71.8 Å². The van der Waals surface area contributed by atoms with Gasteiger partial charge in [0.15, 0.2) is 0 Å². The van der Waals surface area contributed by atoms with Crippen LogP contribution < -0.4 is 11.4 Å². The third-order valence-corrected chi connectivity index (χ3v) is 3.14. The van der Waals surface area contributed by atoms with E-state index in [0.29, 0.717) is 12.2 Å². The predicted octanol–water partition coefficient (Wildman–Crippen LogP) is 2.24. The van der Waals surface area contributed by atoms with Gasteiger partial charge in [-0.3, -0.25) is 4.98 Å². The molecule has 1 heterocycles. The molecule has 2 rings (SSSR count). The van der Waals surface area contributed by atoms with Crippen molar-refractivity contribution in [1.82, 2.24) is 9.97 Å². The number of nitrogens with zero attached hydrogens (tertiary/aromatic N) is 1. The molecule has 0 spiro atoms. The van der Waals surface area contributed by atoms with Crippen LogP contribution in [0.3, 0.4) is 0 Å². The van der Waals surface area contributed by atoms with Gasteiger partial charge in [0.1, 0.15) is 5.82 Å². The zero-order valence-corrected chi connectivity index (χ0v) is 11.5. The third-order valence-electron chi connectivity index (χ3n) is 3.14. The van der Waals surface area contributed by atoms with Gasteiger partial charge in [0.25, 0.3) is 0 Å². The molecular formula is C15H19N3O. The lowest BCUT2D eigenvalue weighted by molar-refractivity contribution is 0.590. The first-order valence-electron chi connectivity index (χ1n) is 6.29. The maximum atomic E-state index is 11.0. The molecule has 2 aromatic rings. The largest absolute Gasteiger partial charge is 0.385 e. The first kappa shape index (κ1) is 13.3. The molecule has 4 heteroatoms. The van der Waals surface area contributed by atoms with Crippen molar-refractivity contribution in [2.24, 2.45) is 0 Å². The van der Waals surface area contributed by atoms with Crippen LogP contribution in [0, 0.1) is 0 Å². The Balaban J connectivity index is 2.22. The Bertz CT molecular complexity index is 621. The van der Waals surface area contributed by atoms with Gasteiger partial charge in [0.2, 0.25) is 0 Å². The van der Waals surface area contributed by atoms with E-state index in [1.54, 1.807) is 0 Å². The molecule has 0 bridgehead atoms. The Kier molecular flexibility index (Phi) is 3.42. The van der Waals surface area contributed by atoms with E-state index in [1.807, 2.05) is 0 Å². The molecule has 0 radical (unpaired) electrons. The number of anilines is 1. The first-order chi connectivity index (χ1) is 8.86. The van der Waals surface area contributed by atoms with Crippen molar-refractivity contribution < 1.29 is 0 Å². The number of H-pyrrole nitrogens is 1. The fourth-order valence-electron chi connectivity index (χ4n) is 1.92. The molecule has 0 aliphatic carbocycles. The summed E-state index contributed by atoms with van der Waals surface area (Å²) in [6, 6.07) is 8.44. The second-order valence-corrected chi connectivity index (χ2v) is 5.75. The Morgan fingerprint density at radius 3 is 2.37 bits per heavy atom. The minimum atomic E-state index is -0.413. The van der Waals surface area contributed by atoms with E-state index in [1.165, 1.54) is 11.8 Å². The van der Waals surface area contributed by atoms with E-state index in [9.17, 15) is 4.79 Å². The highest BCUT2D eigenvalue weighted by Gasteiger charge is 2.13. The summed E-state index contributed by atoms with van der Waals surface area (Å²) >= 11 is 0. The van der Waals surface area contributed by atoms with E-state index in [0.717, 1.165) is 11.1 Å². The molecule has 4 nitrogen and oxygen atoms in total. The molecule has 0 aliphatic rings. The monoisotopic (exact) mass is 257 g/mol. The van der Waals surface area contributed by atoms with Crippen LogP contribution >= 0.6 is 0 Å². The SMILES string of the molecule is CC(C)(C)c1ccc(Cc2cnc(=O)[nH]c2N)cc1. The molecule has 19 heavy (non-hydrogen) atoms. The van der Waals surface area contributed by atoms with Crippen LogP contribution in [0.1, 0.15) is 37.5 Å². The van der Waals surface area contributed by atoms with Crippen molar-refractivity contribution in [3.63, 3.8) is 0 Å². The third kappa shape index (κ3) is 3.22. The van der Waals surface area contributed by atoms with Crippen molar-refractivity contribution in [3.05, 3.63) is 57.6 Å². The zero-order chi connectivity index (χ0) is 14.0. The minimum Gasteiger partial charge on any atom is -0.385 e. The molecule has 3 N–H and O–H groups in total. The van der Waals surface area contributed by atoms with Crippen LogP contribution in [-0.2, 0) is 11.8 Å². The summed E-state index contributed by atoms with van der Waals surface area (Å²) in [5.74, 6) is 0.389. The van der Waals surface area contributed by atoms with Gasteiger partial charge in [-0.25, -0.2) is 9.78 Å². The molecule has 1 aromatic carbocycles. The predicted molar refractivity (Wildman–Crippen MR) is 77.2 cm³/mol. The summed E-state index contributed by atoms with van der Waals surface area (Å²) in [6.07, 6.45) is 2.20. The fourth-order valence-corrected chi connectivity index (χ4v) is 1.92. The maximum Gasteiger partial charge on any atom is 0.346 e. The smallest absolute Gasteiger partial charge is 0.346 e. The quantitative estimate of drug-likeness (QED) is 0.866. The number of nitrogen functional groups attached to an aromatic ring is 1. The van der Waals surface area contributed by atoms with Gasteiger partial charge in [-0.2, -0.15) is 0 Å². The highest BCUT2D eigenvalue weighted by atomic mass is 16.1. The van der Waals surface area contributed by atoms with E-state index in [2.05, 4.69) is 55.0 Å². The number of rotatable bonds is 2. The summed E-state index contributed by atoms with van der Waals surface area (Å²) in [5.41, 5.74) is 8.79. The number of aromatic nitrogens is 2. The average molecular weight is 257 g/mol. The standard InChI is InChI=1S/C15H19N3O/c1-15(2,3)12-6-4-10(5-7-12)8-11-9-17-14(19)18-13(11)16/h4-7,9H,8H2,1-3H3,(H3,16,17,18,19). The number of nitrogens with two attached hydrogens (primary N) is 1. The van der Waals surface area contributed by atoms with Crippen LogP contribution in [0.15, 0.2) is 35.3 Å². The fraction of sp³-hybridized carbons (Fsp3) is 0.333. The number of hydrogen-bond donors (Lipinski definition) is 2. The Morgan fingerprint density at radius 1 is 1.21 bits per heavy atom. The van der Waals surface area contributed by atoms with Crippen LogP contribution in [0.4, 0.5) is 5.82 Å². The maximum absolute atomic E-state index is 11.0. The summed E-state index contributed by atoms with van der Waals surface area (Å²) < 4.78 is 0. The highest BCUT2D eigenvalue weighted by Crippen LogP contribution is 2.23. The molecule has 0 aliphatic heterocycles. The van der Waals surface area contributed by atoms with E-state index in [4.69, 9.17) is 5.73 Å². The molecule has 100 valence electrons. The van der Waals surface area contributed by atoms with Crippen molar-refractivity contribution in [2.45, 2.75) is 32.6 Å². The summed E-state index contributed by atoms with van der Waals surface area (Å²) in [4.78, 5) is 17.2. The van der Waals surface area contributed by atoms with Crippen LogP contribution in [-0.4, -0.2) is 9.97 Å². The van der Waals surface area contributed by atoms with Gasteiger partial charge >= 0.3 is 5.69 Å². The van der Waals surface area contributed by atoms with Gasteiger partial charge in [-0.05, 0) is 16.5 Å². The minimum absolute atomic E-state index is 0.150. The molecule has 0 saturated heterocycles. The van der Waals surface area contributed by atoms with Gasteiger partial charge < -0.3 is 5.73 Å². The van der Waals surface area contributed by atoms with Gasteiger partial charge in [-0.15, -0.1) is 0 Å². The number of benzene rings is 1. The van der Waals surface area contributed by atoms with E-state index in [-0.39, 0.29) is 5.41 Å². The second-order valence-electron chi connectivity index (χ2n) is 5.75. The van der Waals surface area contributed by atoms with Gasteiger partial charge in [-0.1, -0.05) is 45.0 Å². The number of aromatic amines is 1. The van der Waals surface area contributed by atoms with Crippen molar-refractivity contribution in [1.29, 1.82) is 0 Å². The lowest BCUT2D eigenvalue weighted by Gasteiger charge is -2.19. The van der Waals surface area contributed by atoms with Crippen LogP contribution in [0.2, 0.25) is 0 Å². The zero-order valence-electron chi connectivity index (χ0n) is 11.5. The molecule has 0 fully saturated rings. The summed E-state index contributed by atoms with van der Waals surface area (Å²) in [7, 11) is 0. The normalized spacial score (nSPS) is 11.5. The molecule has 0 atom stereocenters. The van der Waals surface area contributed by atoms with Crippen LogP contribution in [0.5, 0.6) is 0 Å². The van der Waals surface area contributed by atoms with Crippen molar-refractivity contribution >= 4 is 5.82 Å². The molecule has 0 unspecified atom stereocenters. The first-order valence-corrected chi connectivity index (χ1v) is 6.29. The van der Waals surface area contributed by atoms with Crippen LogP contribution in [0.25, 0.3) is 0 Å². The second kappa shape index (κ2) is 4.88. The summed E-state index contributed by atoms with van der Waals surface area (Å²) in [6.45, 7) is 6.56. The lowest BCUT2D eigenvalue weighted by Crippen LogP contribution is -2.14. The Labute approximate surface area is 112 Å². The Hall–Kier alpha value is -2.10. The summed E-state index contributed by atoms with van der Waals surface area (Å²) in [5, 5.41) is 0. The molecule has 0 amide bonds. The number of hydrogen-bond acceptors (Lipinski definition) is 3. The molecule has 1 aromatic heterocycles. The molecule has 0 saturated carbocycles. The molecular weight excluding hydrogens is 238 g/mol. The van der Waals surface area contributed by atoms with Crippen molar-refractivity contribution in [3.8, 4) is 0 Å². The number of nitrogens with one attached hydrogen (secondary N) is 1. The van der Waals surface area contributed by atoms with E-state index >= 15 is 0 Å². The van der Waals surface area contributed by atoms with Gasteiger partial charge in [0, 0.05) is 18.2 Å². The van der Waals surface area contributed by atoms with E-state index < -0.39 is 5.69 Å². The van der Waals surface area contributed by atoms with Gasteiger partial charge in [0.05, 0.1) is 0 Å². The van der Waals surface area contributed by atoms with Crippen molar-refractivity contribution in [2.75, 3.05) is 5.73 Å². The Morgan fingerprint density at radius 2 is 1.84 bits per heavy atom.